The summed E-state index contributed by atoms with van der Waals surface area (Å²) in [5.74, 6) is 1.11. The smallest absolute Gasteiger partial charge is 0.305 e. The number of hydrogen-bond acceptors (Lipinski definition) is 6. The molecule has 0 radical (unpaired) electrons. The van der Waals surface area contributed by atoms with Crippen molar-refractivity contribution in [1.82, 2.24) is 9.29 Å². The molecule has 1 aromatic carbocycles. The summed E-state index contributed by atoms with van der Waals surface area (Å²) in [5, 5.41) is 10.6. The number of hydrogen-bond donors (Lipinski definition) is 1. The number of rotatable bonds is 6. The van der Waals surface area contributed by atoms with Crippen LogP contribution in [0.25, 0.3) is 0 Å². The van der Waals surface area contributed by atoms with Gasteiger partial charge in [0.05, 0.1) is 13.2 Å². The van der Waals surface area contributed by atoms with Gasteiger partial charge in [0, 0.05) is 34.8 Å². The third kappa shape index (κ3) is 5.17. The standard InChI is InChI=1S/C22H27Cl2N3O5S/c1-14-8-15(2)10-26(9-14)33(29,30)27-11-16(12-28)32-20-6-7-21(25-22(20)27)31-13-17-18(23)4-3-5-19(17)24/h3-7,14-16,28H,8-13H2,1-2H3/t14?,15?,16-/m1/s1. The van der Waals surface area contributed by atoms with Crippen LogP contribution in [0.1, 0.15) is 25.8 Å². The van der Waals surface area contributed by atoms with Crippen LogP contribution < -0.4 is 13.8 Å². The molecule has 8 nitrogen and oxygen atoms in total. The monoisotopic (exact) mass is 515 g/mol. The van der Waals surface area contributed by atoms with Gasteiger partial charge >= 0.3 is 10.2 Å². The predicted octanol–water partition coefficient (Wildman–Crippen LogP) is 3.75. The van der Waals surface area contributed by atoms with E-state index in [0.717, 1.165) is 6.42 Å². The molecule has 1 aromatic heterocycles. The molecule has 11 heteroatoms. The molecule has 2 unspecified atom stereocenters. The molecule has 2 aromatic rings. The fraction of sp³-hybridized carbons (Fsp3) is 0.500. The lowest BCUT2D eigenvalue weighted by molar-refractivity contribution is 0.114. The van der Waals surface area contributed by atoms with Crippen molar-refractivity contribution in [1.29, 1.82) is 0 Å². The molecule has 0 saturated carbocycles. The Labute approximate surface area is 204 Å². The largest absolute Gasteiger partial charge is 0.482 e. The van der Waals surface area contributed by atoms with Gasteiger partial charge in [-0.1, -0.05) is 43.1 Å². The second kappa shape index (κ2) is 9.84. The van der Waals surface area contributed by atoms with E-state index in [4.69, 9.17) is 32.7 Å². The topological polar surface area (TPSA) is 92.2 Å². The molecule has 4 rings (SSSR count). The van der Waals surface area contributed by atoms with Gasteiger partial charge in [-0.15, -0.1) is 0 Å². The maximum Gasteiger partial charge on any atom is 0.305 e. The number of pyridine rings is 1. The Kier molecular flexibility index (Phi) is 7.26. The van der Waals surface area contributed by atoms with Crippen LogP contribution in [-0.4, -0.2) is 55.2 Å². The molecule has 3 atom stereocenters. The lowest BCUT2D eigenvalue weighted by Gasteiger charge is -2.40. The Morgan fingerprint density at radius 3 is 2.42 bits per heavy atom. The zero-order valence-corrected chi connectivity index (χ0v) is 20.8. The zero-order chi connectivity index (χ0) is 23.8. The van der Waals surface area contributed by atoms with Crippen molar-refractivity contribution in [3.05, 3.63) is 45.9 Å². The van der Waals surface area contributed by atoms with E-state index < -0.39 is 16.3 Å². The van der Waals surface area contributed by atoms with Crippen LogP contribution >= 0.6 is 23.2 Å². The van der Waals surface area contributed by atoms with E-state index in [0.29, 0.717) is 28.7 Å². The minimum atomic E-state index is -3.89. The summed E-state index contributed by atoms with van der Waals surface area (Å²) >= 11 is 12.4. The predicted molar refractivity (Wildman–Crippen MR) is 127 cm³/mol. The minimum absolute atomic E-state index is 0.0438. The molecule has 2 aliphatic heterocycles. The van der Waals surface area contributed by atoms with Crippen LogP contribution in [0.3, 0.4) is 0 Å². The van der Waals surface area contributed by atoms with E-state index in [9.17, 15) is 13.5 Å². The number of fused-ring (bicyclic) bond motifs is 1. The van der Waals surface area contributed by atoms with Crippen LogP contribution in [0.2, 0.25) is 10.0 Å². The minimum Gasteiger partial charge on any atom is -0.482 e. The Balaban J connectivity index is 1.64. The van der Waals surface area contributed by atoms with Gasteiger partial charge in [0.25, 0.3) is 0 Å². The van der Waals surface area contributed by atoms with Crippen molar-refractivity contribution in [2.45, 2.75) is 33.0 Å². The summed E-state index contributed by atoms with van der Waals surface area (Å²) in [6.45, 7) is 4.67. The molecule has 0 spiro atoms. The summed E-state index contributed by atoms with van der Waals surface area (Å²) < 4.78 is 41.5. The first-order valence-electron chi connectivity index (χ1n) is 10.8. The summed E-state index contributed by atoms with van der Waals surface area (Å²) in [4.78, 5) is 4.44. The molecule has 33 heavy (non-hydrogen) atoms. The third-order valence-corrected chi connectivity index (χ3v) is 8.32. The number of nitrogens with zero attached hydrogens (tertiary/aromatic N) is 3. The van der Waals surface area contributed by atoms with Gasteiger partial charge in [0.2, 0.25) is 5.88 Å². The van der Waals surface area contributed by atoms with Crippen LogP contribution in [0, 0.1) is 11.8 Å². The van der Waals surface area contributed by atoms with Crippen molar-refractivity contribution in [2.24, 2.45) is 11.8 Å². The normalized spacial score (nSPS) is 23.7. The van der Waals surface area contributed by atoms with Gasteiger partial charge in [-0.2, -0.15) is 17.7 Å². The highest BCUT2D eigenvalue weighted by Gasteiger charge is 2.40. The lowest BCUT2D eigenvalue weighted by atomic mass is 9.94. The summed E-state index contributed by atoms with van der Waals surface area (Å²) in [5.41, 5.74) is 0.609. The average molecular weight is 516 g/mol. The number of anilines is 1. The van der Waals surface area contributed by atoms with Crippen LogP contribution in [0.5, 0.6) is 11.6 Å². The highest BCUT2D eigenvalue weighted by molar-refractivity contribution is 7.90. The average Bonchev–Trinajstić information content (AvgIpc) is 2.77. The first-order chi connectivity index (χ1) is 15.7. The summed E-state index contributed by atoms with van der Waals surface area (Å²) in [6.07, 6.45) is 0.286. The van der Waals surface area contributed by atoms with Crippen LogP contribution in [0.15, 0.2) is 30.3 Å². The lowest BCUT2D eigenvalue weighted by Crippen LogP contribution is -2.54. The number of aliphatic hydroxyl groups excluding tert-OH is 1. The second-order valence-electron chi connectivity index (χ2n) is 8.68. The molecule has 180 valence electrons. The van der Waals surface area contributed by atoms with Gasteiger partial charge in [-0.05, 0) is 36.5 Å². The fourth-order valence-corrected chi connectivity index (χ4v) is 6.68. The fourth-order valence-electron chi connectivity index (χ4n) is 4.31. The van der Waals surface area contributed by atoms with E-state index in [1.54, 1.807) is 30.3 Å². The van der Waals surface area contributed by atoms with Gasteiger partial charge < -0.3 is 14.6 Å². The van der Waals surface area contributed by atoms with E-state index in [2.05, 4.69) is 4.98 Å². The number of ether oxygens (including phenoxy) is 2. The van der Waals surface area contributed by atoms with Crippen molar-refractivity contribution in [3.63, 3.8) is 0 Å². The van der Waals surface area contributed by atoms with E-state index >= 15 is 0 Å². The zero-order valence-electron chi connectivity index (χ0n) is 18.4. The van der Waals surface area contributed by atoms with Crippen LogP contribution in [0.4, 0.5) is 5.82 Å². The number of aromatic nitrogens is 1. The second-order valence-corrected chi connectivity index (χ2v) is 11.4. The van der Waals surface area contributed by atoms with Gasteiger partial charge in [0.15, 0.2) is 11.6 Å². The Morgan fingerprint density at radius 2 is 1.79 bits per heavy atom. The molecular formula is C22H27Cl2N3O5S. The number of halogens is 2. The third-order valence-electron chi connectivity index (χ3n) is 5.78. The van der Waals surface area contributed by atoms with Crippen molar-refractivity contribution >= 4 is 39.2 Å². The maximum absolute atomic E-state index is 13.6. The number of benzene rings is 1. The van der Waals surface area contributed by atoms with Crippen molar-refractivity contribution in [2.75, 3.05) is 30.5 Å². The maximum atomic E-state index is 13.6. The number of piperidine rings is 1. The van der Waals surface area contributed by atoms with Crippen molar-refractivity contribution < 1.29 is 23.0 Å². The first kappa shape index (κ1) is 24.3. The van der Waals surface area contributed by atoms with E-state index in [-0.39, 0.29) is 49.0 Å². The van der Waals surface area contributed by atoms with Gasteiger partial charge in [0.1, 0.15) is 12.7 Å². The van der Waals surface area contributed by atoms with Gasteiger partial charge in [-0.25, -0.2) is 4.31 Å². The SMILES string of the molecule is CC1CC(C)CN(S(=O)(=O)N2C[C@H](CO)Oc3ccc(OCc4c(Cl)cccc4Cl)nc32)C1. The van der Waals surface area contributed by atoms with Crippen LogP contribution in [-0.2, 0) is 16.8 Å². The highest BCUT2D eigenvalue weighted by Crippen LogP contribution is 2.37. The molecule has 0 bridgehead atoms. The van der Waals surface area contributed by atoms with E-state index in [1.807, 2.05) is 13.8 Å². The van der Waals surface area contributed by atoms with Crippen molar-refractivity contribution in [3.8, 4) is 11.6 Å². The molecule has 1 N–H and O–H groups in total. The summed E-state index contributed by atoms with van der Waals surface area (Å²) in [7, 11) is -3.89. The molecule has 0 amide bonds. The van der Waals surface area contributed by atoms with Gasteiger partial charge in [-0.3, -0.25) is 0 Å². The highest BCUT2D eigenvalue weighted by atomic mass is 35.5. The Bertz CT molecular complexity index is 1090. The molecule has 0 aliphatic carbocycles. The first-order valence-corrected chi connectivity index (χ1v) is 13.0. The molecule has 1 saturated heterocycles. The quantitative estimate of drug-likeness (QED) is 0.629. The molecule has 2 aliphatic rings. The molecule has 1 fully saturated rings. The Morgan fingerprint density at radius 1 is 1.12 bits per heavy atom. The summed E-state index contributed by atoms with van der Waals surface area (Å²) in [6, 6.07) is 8.34. The molecular weight excluding hydrogens is 489 g/mol. The number of aliphatic hydroxyl groups is 1. The molecule has 3 heterocycles. The Hall–Kier alpha value is -1.78. The van der Waals surface area contributed by atoms with E-state index in [1.165, 1.54) is 8.61 Å².